The summed E-state index contributed by atoms with van der Waals surface area (Å²) in [6, 6.07) is 5.79. The van der Waals surface area contributed by atoms with Crippen molar-refractivity contribution >= 4 is 17.0 Å². The summed E-state index contributed by atoms with van der Waals surface area (Å²) in [5.41, 5.74) is 4.48. The molecule has 1 N–H and O–H groups in total. The first kappa shape index (κ1) is 22.1. The van der Waals surface area contributed by atoms with Gasteiger partial charge in [-0.1, -0.05) is 0 Å². The second-order valence-corrected chi connectivity index (χ2v) is 9.45. The van der Waals surface area contributed by atoms with Crippen molar-refractivity contribution in [2.45, 2.75) is 46.8 Å². The molecule has 0 aromatic carbocycles. The predicted octanol–water partition coefficient (Wildman–Crippen LogP) is 4.75. The van der Waals surface area contributed by atoms with Crippen LogP contribution in [0.4, 0.5) is 5.69 Å². The summed E-state index contributed by atoms with van der Waals surface area (Å²) in [5, 5.41) is 13.3. The van der Waals surface area contributed by atoms with Crippen molar-refractivity contribution in [1.82, 2.24) is 19.9 Å². The molecule has 0 radical (unpaired) electrons. The van der Waals surface area contributed by atoms with Gasteiger partial charge in [0.05, 0.1) is 22.1 Å². The van der Waals surface area contributed by atoms with E-state index in [1.807, 2.05) is 24.4 Å². The highest BCUT2D eigenvalue weighted by atomic mass is 32.1. The zero-order valence-electron chi connectivity index (χ0n) is 19.0. The number of hydrogen-bond acceptors (Lipinski definition) is 8. The topological polar surface area (TPSA) is 84.3 Å². The molecule has 8 heteroatoms. The predicted molar refractivity (Wildman–Crippen MR) is 126 cm³/mol. The van der Waals surface area contributed by atoms with Crippen LogP contribution in [-0.2, 0) is 16.9 Å². The second kappa shape index (κ2) is 8.80. The Balaban J connectivity index is 1.54. The minimum Gasteiger partial charge on any atom is -0.487 e. The molecule has 0 spiro atoms. The lowest BCUT2D eigenvalue weighted by Crippen LogP contribution is -2.27. The van der Waals surface area contributed by atoms with Crippen LogP contribution in [0.3, 0.4) is 0 Å². The smallest absolute Gasteiger partial charge is 0.160 e. The van der Waals surface area contributed by atoms with Gasteiger partial charge in [-0.3, -0.25) is 4.98 Å². The molecule has 166 valence electrons. The summed E-state index contributed by atoms with van der Waals surface area (Å²) >= 11 is 1.63. The number of ether oxygens (including phenoxy) is 1. The third-order valence-corrected chi connectivity index (χ3v) is 5.97. The van der Waals surface area contributed by atoms with E-state index in [0.717, 1.165) is 45.7 Å². The standard InChI is InChI=1S/C24H27N5O2S/c1-15-12-29(16(2)10-22(15)31-13-18-14-32-17(3)27-18)19-6-8-25-21(11-19)20-7-9-26-23(28-20)24(4,5)30/h6-11,14,30H,12-13H2,1-5H3. The Morgan fingerprint density at radius 2 is 1.88 bits per heavy atom. The van der Waals surface area contributed by atoms with E-state index in [1.54, 1.807) is 43.6 Å². The molecule has 0 saturated carbocycles. The maximum Gasteiger partial charge on any atom is 0.160 e. The highest BCUT2D eigenvalue weighted by Crippen LogP contribution is 2.30. The molecule has 0 unspecified atom stereocenters. The van der Waals surface area contributed by atoms with Gasteiger partial charge in [0.15, 0.2) is 5.82 Å². The molecule has 4 rings (SSSR count). The summed E-state index contributed by atoms with van der Waals surface area (Å²) in [4.78, 5) is 19.9. The van der Waals surface area contributed by atoms with E-state index in [9.17, 15) is 5.11 Å². The van der Waals surface area contributed by atoms with E-state index < -0.39 is 5.60 Å². The highest BCUT2D eigenvalue weighted by Gasteiger charge is 2.22. The van der Waals surface area contributed by atoms with Gasteiger partial charge >= 0.3 is 0 Å². The number of anilines is 1. The van der Waals surface area contributed by atoms with Crippen molar-refractivity contribution in [3.63, 3.8) is 0 Å². The van der Waals surface area contributed by atoms with E-state index in [-0.39, 0.29) is 0 Å². The molecule has 0 bridgehead atoms. The lowest BCUT2D eigenvalue weighted by atomic mass is 10.1. The number of aryl methyl sites for hydroxylation is 1. The maximum atomic E-state index is 10.2. The molecule has 0 fully saturated rings. The van der Waals surface area contributed by atoms with Crippen molar-refractivity contribution in [3.8, 4) is 11.4 Å². The summed E-state index contributed by atoms with van der Waals surface area (Å²) in [6.07, 6.45) is 5.49. The maximum absolute atomic E-state index is 10.2. The first-order valence-electron chi connectivity index (χ1n) is 10.4. The van der Waals surface area contributed by atoms with Gasteiger partial charge in [-0.25, -0.2) is 15.0 Å². The number of pyridine rings is 1. The van der Waals surface area contributed by atoms with Crippen LogP contribution in [0.15, 0.2) is 59.1 Å². The average molecular weight is 450 g/mol. The Morgan fingerprint density at radius 1 is 1.09 bits per heavy atom. The Kier molecular flexibility index (Phi) is 6.08. The fourth-order valence-corrected chi connectivity index (χ4v) is 4.04. The van der Waals surface area contributed by atoms with Gasteiger partial charge in [0, 0.05) is 35.7 Å². The summed E-state index contributed by atoms with van der Waals surface area (Å²) < 4.78 is 6.06. The molecule has 0 saturated heterocycles. The average Bonchev–Trinajstić information content (AvgIpc) is 3.19. The third kappa shape index (κ3) is 4.87. The molecule has 0 atom stereocenters. The van der Waals surface area contributed by atoms with E-state index in [4.69, 9.17) is 4.74 Å². The van der Waals surface area contributed by atoms with Crippen LogP contribution in [0, 0.1) is 6.92 Å². The van der Waals surface area contributed by atoms with Gasteiger partial charge < -0.3 is 14.7 Å². The van der Waals surface area contributed by atoms with E-state index in [1.165, 1.54) is 0 Å². The molecule has 32 heavy (non-hydrogen) atoms. The lowest BCUT2D eigenvalue weighted by Gasteiger charge is -2.30. The Labute approximate surface area is 192 Å². The zero-order chi connectivity index (χ0) is 22.9. The number of thiazole rings is 1. The molecule has 1 aliphatic heterocycles. The summed E-state index contributed by atoms with van der Waals surface area (Å²) in [7, 11) is 0. The van der Waals surface area contributed by atoms with Gasteiger partial charge in [0.25, 0.3) is 0 Å². The van der Waals surface area contributed by atoms with E-state index in [2.05, 4.69) is 44.8 Å². The lowest BCUT2D eigenvalue weighted by molar-refractivity contribution is 0.0688. The molecular formula is C24H27N5O2S. The summed E-state index contributed by atoms with van der Waals surface area (Å²) in [5.74, 6) is 1.26. The van der Waals surface area contributed by atoms with Crippen LogP contribution >= 0.6 is 11.3 Å². The zero-order valence-corrected chi connectivity index (χ0v) is 19.8. The number of allylic oxidation sites excluding steroid dienone is 2. The normalized spacial score (nSPS) is 14.6. The van der Waals surface area contributed by atoms with Crippen molar-refractivity contribution in [2.75, 3.05) is 11.4 Å². The molecule has 0 aliphatic carbocycles. The summed E-state index contributed by atoms with van der Waals surface area (Å²) in [6.45, 7) is 10.7. The Bertz CT molecular complexity index is 1190. The van der Waals surface area contributed by atoms with Crippen molar-refractivity contribution < 1.29 is 9.84 Å². The van der Waals surface area contributed by atoms with Crippen LogP contribution in [0.1, 0.15) is 44.2 Å². The Hall–Kier alpha value is -3.10. The van der Waals surface area contributed by atoms with Crippen LogP contribution < -0.4 is 4.90 Å². The van der Waals surface area contributed by atoms with Crippen LogP contribution in [-0.4, -0.2) is 31.6 Å². The molecule has 3 aromatic heterocycles. The van der Waals surface area contributed by atoms with Gasteiger partial charge in [-0.15, -0.1) is 11.3 Å². The molecular weight excluding hydrogens is 422 g/mol. The first-order valence-corrected chi connectivity index (χ1v) is 11.3. The number of rotatable bonds is 6. The molecule has 1 aliphatic rings. The molecule has 7 nitrogen and oxygen atoms in total. The van der Waals surface area contributed by atoms with E-state index in [0.29, 0.717) is 18.1 Å². The van der Waals surface area contributed by atoms with Gasteiger partial charge in [0.2, 0.25) is 0 Å². The van der Waals surface area contributed by atoms with Crippen LogP contribution in [0.25, 0.3) is 11.4 Å². The third-order valence-electron chi connectivity index (χ3n) is 5.14. The van der Waals surface area contributed by atoms with Crippen molar-refractivity contribution in [3.05, 3.63) is 75.6 Å². The number of hydrogen-bond donors (Lipinski definition) is 1. The van der Waals surface area contributed by atoms with Crippen molar-refractivity contribution in [1.29, 1.82) is 0 Å². The second-order valence-electron chi connectivity index (χ2n) is 8.39. The van der Waals surface area contributed by atoms with Gasteiger partial charge in [-0.05, 0) is 64.5 Å². The fraction of sp³-hybridized carbons (Fsp3) is 0.333. The van der Waals surface area contributed by atoms with Crippen LogP contribution in [0.2, 0.25) is 0 Å². The van der Waals surface area contributed by atoms with Crippen LogP contribution in [0.5, 0.6) is 0 Å². The minimum atomic E-state index is -1.12. The fourth-order valence-electron chi connectivity index (χ4n) is 3.44. The number of nitrogens with zero attached hydrogens (tertiary/aromatic N) is 5. The highest BCUT2D eigenvalue weighted by molar-refractivity contribution is 7.09. The SMILES string of the molecule is CC1=CC(OCc2csc(C)n2)=C(C)CN1c1ccnc(-c2ccnc(C(C)(C)O)n2)c1. The van der Waals surface area contributed by atoms with E-state index >= 15 is 0 Å². The van der Waals surface area contributed by atoms with Crippen molar-refractivity contribution in [2.24, 2.45) is 0 Å². The van der Waals surface area contributed by atoms with Gasteiger partial charge in [0.1, 0.15) is 18.0 Å². The Morgan fingerprint density at radius 3 is 2.59 bits per heavy atom. The monoisotopic (exact) mass is 449 g/mol. The molecule has 4 heterocycles. The van der Waals surface area contributed by atoms with Gasteiger partial charge in [-0.2, -0.15) is 0 Å². The minimum absolute atomic E-state index is 0.368. The largest absolute Gasteiger partial charge is 0.487 e. The number of aliphatic hydroxyl groups is 1. The molecule has 0 amide bonds. The first-order chi connectivity index (χ1) is 15.2. The molecule has 3 aromatic rings. The quantitative estimate of drug-likeness (QED) is 0.581. The number of aromatic nitrogens is 4.